The molecule has 4 nitrogen and oxygen atoms in total. The highest BCUT2D eigenvalue weighted by atomic mass is 19.2. The largest absolute Gasteiger partial charge is 0.481 e. The lowest BCUT2D eigenvalue weighted by molar-refractivity contribution is 0.209. The number of halogens is 2. The van der Waals surface area contributed by atoms with Crippen LogP contribution in [0.3, 0.4) is 0 Å². The molecule has 0 saturated carbocycles. The molecule has 1 aromatic carbocycles. The van der Waals surface area contributed by atoms with Crippen molar-refractivity contribution in [1.82, 2.24) is 9.97 Å². The van der Waals surface area contributed by atoms with E-state index in [4.69, 9.17) is 10.5 Å². The van der Waals surface area contributed by atoms with Crippen LogP contribution < -0.4 is 10.5 Å². The molecule has 2 rings (SSSR count). The van der Waals surface area contributed by atoms with E-state index in [1.165, 1.54) is 18.3 Å². The predicted molar refractivity (Wildman–Crippen MR) is 61.8 cm³/mol. The number of nitrogens with zero attached hydrogens (tertiary/aromatic N) is 2. The molecule has 6 heteroatoms. The van der Waals surface area contributed by atoms with Gasteiger partial charge in [-0.2, -0.15) is 4.39 Å². The first kappa shape index (κ1) is 12.2. The fourth-order valence-corrected chi connectivity index (χ4v) is 1.44. The lowest BCUT2D eigenvalue weighted by Crippen LogP contribution is -2.08. The van der Waals surface area contributed by atoms with Gasteiger partial charge < -0.3 is 10.5 Å². The molecule has 0 fully saturated rings. The van der Waals surface area contributed by atoms with Crippen molar-refractivity contribution < 1.29 is 13.5 Å². The van der Waals surface area contributed by atoms with Gasteiger partial charge in [0.2, 0.25) is 11.8 Å². The topological polar surface area (TPSA) is 61.0 Å². The van der Waals surface area contributed by atoms with Crippen LogP contribution in [0, 0.1) is 11.6 Å². The lowest BCUT2D eigenvalue weighted by atomic mass is 10.2. The fraction of sp³-hybridized carbons (Fsp3) is 0.167. The molecule has 0 aliphatic rings. The van der Waals surface area contributed by atoms with E-state index in [0.717, 1.165) is 6.07 Å². The van der Waals surface area contributed by atoms with E-state index in [0.29, 0.717) is 5.69 Å². The van der Waals surface area contributed by atoms with Crippen LogP contribution in [0.5, 0.6) is 5.75 Å². The minimum atomic E-state index is -1.02. The Kier molecular flexibility index (Phi) is 3.36. The lowest BCUT2D eigenvalue weighted by Gasteiger charge is -2.14. The third-order valence-electron chi connectivity index (χ3n) is 2.33. The first-order valence-corrected chi connectivity index (χ1v) is 5.27. The van der Waals surface area contributed by atoms with Crippen LogP contribution in [0.4, 0.5) is 14.7 Å². The zero-order valence-corrected chi connectivity index (χ0v) is 9.60. The van der Waals surface area contributed by atoms with E-state index in [-0.39, 0.29) is 11.7 Å². The Bertz CT molecular complexity index is 563. The van der Waals surface area contributed by atoms with E-state index in [1.54, 1.807) is 13.0 Å². The molecule has 94 valence electrons. The molecule has 0 radical (unpaired) electrons. The molecule has 1 atom stereocenters. The van der Waals surface area contributed by atoms with Crippen molar-refractivity contribution in [2.45, 2.75) is 13.0 Å². The van der Waals surface area contributed by atoms with Gasteiger partial charge in [0.15, 0.2) is 11.6 Å². The Morgan fingerprint density at radius 2 is 2.06 bits per heavy atom. The average Bonchev–Trinajstić information content (AvgIpc) is 2.35. The van der Waals surface area contributed by atoms with Gasteiger partial charge in [0, 0.05) is 6.20 Å². The zero-order chi connectivity index (χ0) is 13.1. The van der Waals surface area contributed by atoms with Crippen molar-refractivity contribution in [3.8, 4) is 5.75 Å². The number of hydrogen-bond donors (Lipinski definition) is 1. The highest BCUT2D eigenvalue weighted by Crippen LogP contribution is 2.24. The summed E-state index contributed by atoms with van der Waals surface area (Å²) in [5.74, 6) is -2.05. The molecule has 18 heavy (non-hydrogen) atoms. The molecule has 0 spiro atoms. The first-order chi connectivity index (χ1) is 8.58. The van der Waals surface area contributed by atoms with Crippen LogP contribution in [0.15, 0.2) is 30.5 Å². The number of benzene rings is 1. The summed E-state index contributed by atoms with van der Waals surface area (Å²) in [6, 6.07) is 5.34. The van der Waals surface area contributed by atoms with Crippen LogP contribution in [0.1, 0.15) is 18.7 Å². The summed E-state index contributed by atoms with van der Waals surface area (Å²) >= 11 is 0. The zero-order valence-electron chi connectivity index (χ0n) is 9.60. The summed E-state index contributed by atoms with van der Waals surface area (Å²) < 4.78 is 31.7. The van der Waals surface area contributed by atoms with Crippen LogP contribution in [0.2, 0.25) is 0 Å². The molecule has 1 aromatic heterocycles. The Labute approximate surface area is 102 Å². The maximum absolute atomic E-state index is 13.4. The highest BCUT2D eigenvalue weighted by Gasteiger charge is 2.14. The molecule has 0 aliphatic carbocycles. The van der Waals surface area contributed by atoms with E-state index in [9.17, 15) is 8.78 Å². The Hall–Kier alpha value is -2.24. The molecule has 2 aromatic rings. The Morgan fingerprint density at radius 3 is 2.78 bits per heavy atom. The summed E-state index contributed by atoms with van der Waals surface area (Å²) in [5.41, 5.74) is 5.92. The van der Waals surface area contributed by atoms with Crippen LogP contribution >= 0.6 is 0 Å². The molecule has 1 heterocycles. The monoisotopic (exact) mass is 251 g/mol. The Balaban J connectivity index is 2.21. The number of aromatic nitrogens is 2. The molecular formula is C12H11F2N3O. The van der Waals surface area contributed by atoms with Crippen molar-refractivity contribution in [1.29, 1.82) is 0 Å². The van der Waals surface area contributed by atoms with Crippen molar-refractivity contribution in [2.24, 2.45) is 0 Å². The second-order valence-electron chi connectivity index (χ2n) is 3.65. The number of nitrogen functional groups attached to an aromatic ring is 1. The van der Waals surface area contributed by atoms with E-state index in [1.807, 2.05) is 0 Å². The number of hydrogen-bond acceptors (Lipinski definition) is 4. The van der Waals surface area contributed by atoms with Crippen molar-refractivity contribution in [3.05, 3.63) is 47.8 Å². The average molecular weight is 251 g/mol. The summed E-state index contributed by atoms with van der Waals surface area (Å²) in [6.45, 7) is 1.66. The van der Waals surface area contributed by atoms with Crippen LogP contribution in [-0.2, 0) is 0 Å². The normalized spacial score (nSPS) is 12.2. The van der Waals surface area contributed by atoms with Crippen molar-refractivity contribution in [3.63, 3.8) is 0 Å². The maximum atomic E-state index is 13.4. The fourth-order valence-electron chi connectivity index (χ4n) is 1.44. The van der Waals surface area contributed by atoms with Crippen LogP contribution in [0.25, 0.3) is 0 Å². The quantitative estimate of drug-likeness (QED) is 0.910. The molecular weight excluding hydrogens is 240 g/mol. The van der Waals surface area contributed by atoms with Gasteiger partial charge in [0.05, 0.1) is 5.69 Å². The number of ether oxygens (including phenoxy) is 1. The SMILES string of the molecule is C[C@@H](Oc1cccc(F)c1F)c1ccnc(N)n1. The number of anilines is 1. The summed E-state index contributed by atoms with van der Waals surface area (Å²) in [5, 5.41) is 0. The van der Waals surface area contributed by atoms with Gasteiger partial charge in [-0.1, -0.05) is 6.07 Å². The van der Waals surface area contributed by atoms with Crippen molar-refractivity contribution >= 4 is 5.95 Å². The number of rotatable bonds is 3. The van der Waals surface area contributed by atoms with Gasteiger partial charge in [0.25, 0.3) is 0 Å². The first-order valence-electron chi connectivity index (χ1n) is 5.27. The van der Waals surface area contributed by atoms with Gasteiger partial charge in [-0.3, -0.25) is 0 Å². The third kappa shape index (κ3) is 2.53. The second-order valence-corrected chi connectivity index (χ2v) is 3.65. The highest BCUT2D eigenvalue weighted by molar-refractivity contribution is 5.26. The van der Waals surface area contributed by atoms with E-state index < -0.39 is 17.7 Å². The van der Waals surface area contributed by atoms with E-state index in [2.05, 4.69) is 9.97 Å². The second kappa shape index (κ2) is 4.95. The summed E-state index contributed by atoms with van der Waals surface area (Å²) in [6.07, 6.45) is 0.908. The summed E-state index contributed by atoms with van der Waals surface area (Å²) in [4.78, 5) is 7.68. The molecule has 0 amide bonds. The molecule has 0 aliphatic heterocycles. The molecule has 0 saturated heterocycles. The van der Waals surface area contributed by atoms with Gasteiger partial charge in [0.1, 0.15) is 6.10 Å². The predicted octanol–water partition coefficient (Wildman–Crippen LogP) is 2.48. The number of nitrogens with two attached hydrogens (primary N) is 1. The smallest absolute Gasteiger partial charge is 0.220 e. The van der Waals surface area contributed by atoms with Crippen LogP contribution in [-0.4, -0.2) is 9.97 Å². The third-order valence-corrected chi connectivity index (χ3v) is 2.33. The maximum Gasteiger partial charge on any atom is 0.220 e. The minimum absolute atomic E-state index is 0.0997. The minimum Gasteiger partial charge on any atom is -0.481 e. The van der Waals surface area contributed by atoms with Gasteiger partial charge >= 0.3 is 0 Å². The van der Waals surface area contributed by atoms with Crippen molar-refractivity contribution in [2.75, 3.05) is 5.73 Å². The van der Waals surface area contributed by atoms with Gasteiger partial charge in [-0.25, -0.2) is 14.4 Å². The van der Waals surface area contributed by atoms with Gasteiger partial charge in [-0.05, 0) is 25.1 Å². The van der Waals surface area contributed by atoms with E-state index >= 15 is 0 Å². The standard InChI is InChI=1S/C12H11F2N3O/c1-7(9-5-6-16-12(15)17-9)18-10-4-2-3-8(13)11(10)14/h2-7H,1H3,(H2,15,16,17)/t7-/m1/s1. The Morgan fingerprint density at radius 1 is 1.28 bits per heavy atom. The summed E-state index contributed by atoms with van der Waals surface area (Å²) in [7, 11) is 0. The molecule has 0 unspecified atom stereocenters. The molecule has 0 bridgehead atoms. The molecule has 2 N–H and O–H groups in total. The van der Waals surface area contributed by atoms with Gasteiger partial charge in [-0.15, -0.1) is 0 Å².